The molecule has 0 radical (unpaired) electrons. The third-order valence-electron chi connectivity index (χ3n) is 3.74. The van der Waals surface area contributed by atoms with Gasteiger partial charge < -0.3 is 0 Å². The van der Waals surface area contributed by atoms with Crippen molar-refractivity contribution in [2.75, 3.05) is 0 Å². The molecule has 0 bridgehead atoms. The maximum atomic E-state index is 4.71. The van der Waals surface area contributed by atoms with Gasteiger partial charge in [-0.15, -0.1) is 0 Å². The Morgan fingerprint density at radius 2 is 1.77 bits per heavy atom. The maximum absolute atomic E-state index is 4.71. The topological polar surface area (TPSA) is 43.6 Å². The van der Waals surface area contributed by atoms with Crippen LogP contribution in [-0.4, -0.2) is 19.5 Å². The van der Waals surface area contributed by atoms with Crippen molar-refractivity contribution < 1.29 is 0 Å². The molecule has 4 rings (SSSR count). The lowest BCUT2D eigenvalue weighted by molar-refractivity contribution is 1.07. The van der Waals surface area contributed by atoms with Crippen LogP contribution in [0.5, 0.6) is 0 Å². The monoisotopic (exact) mass is 286 g/mol. The minimum atomic E-state index is 0.859. The van der Waals surface area contributed by atoms with E-state index >= 15 is 0 Å². The van der Waals surface area contributed by atoms with E-state index < -0.39 is 0 Å². The van der Waals surface area contributed by atoms with E-state index in [4.69, 9.17) is 4.98 Å². The molecule has 0 unspecified atom stereocenters. The maximum Gasteiger partial charge on any atom is 0.163 e. The molecule has 4 aromatic rings. The lowest BCUT2D eigenvalue weighted by Crippen LogP contribution is -1.97. The van der Waals surface area contributed by atoms with E-state index in [1.165, 1.54) is 5.56 Å². The smallest absolute Gasteiger partial charge is 0.163 e. The van der Waals surface area contributed by atoms with Gasteiger partial charge in [0.2, 0.25) is 0 Å². The first kappa shape index (κ1) is 12.7. The van der Waals surface area contributed by atoms with E-state index in [-0.39, 0.29) is 0 Å². The standard InChI is InChI=1S/C18H14N4/c1-13-4-2-3-5-17(13)22-11-8-15-18(22)20-12-16(21-15)14-6-9-19-10-7-14/h2-12H,1H3. The van der Waals surface area contributed by atoms with E-state index in [0.717, 1.165) is 28.1 Å². The molecule has 0 atom stereocenters. The van der Waals surface area contributed by atoms with Gasteiger partial charge in [0.05, 0.1) is 11.9 Å². The van der Waals surface area contributed by atoms with E-state index in [2.05, 4.69) is 33.6 Å². The third kappa shape index (κ3) is 2.05. The van der Waals surface area contributed by atoms with Crippen LogP contribution in [0.2, 0.25) is 0 Å². The summed E-state index contributed by atoms with van der Waals surface area (Å²) in [5, 5.41) is 0. The molecule has 22 heavy (non-hydrogen) atoms. The Balaban J connectivity index is 1.87. The fourth-order valence-electron chi connectivity index (χ4n) is 2.60. The second kappa shape index (κ2) is 5.07. The highest BCUT2D eigenvalue weighted by atomic mass is 15.1. The molecule has 106 valence electrons. The first-order valence-corrected chi connectivity index (χ1v) is 7.13. The molecular weight excluding hydrogens is 272 g/mol. The largest absolute Gasteiger partial charge is 0.300 e. The van der Waals surface area contributed by atoms with Gasteiger partial charge in [-0.05, 0) is 36.8 Å². The van der Waals surface area contributed by atoms with Gasteiger partial charge in [0.1, 0.15) is 5.52 Å². The minimum Gasteiger partial charge on any atom is -0.300 e. The summed E-state index contributed by atoms with van der Waals surface area (Å²) in [5.74, 6) is 0. The van der Waals surface area contributed by atoms with E-state index in [0.29, 0.717) is 0 Å². The molecule has 0 aliphatic rings. The van der Waals surface area contributed by atoms with Crippen LogP contribution >= 0.6 is 0 Å². The molecule has 4 heteroatoms. The quantitative estimate of drug-likeness (QED) is 0.563. The van der Waals surface area contributed by atoms with Gasteiger partial charge in [-0.3, -0.25) is 9.55 Å². The van der Waals surface area contributed by atoms with Crippen molar-refractivity contribution in [2.24, 2.45) is 0 Å². The van der Waals surface area contributed by atoms with Crippen LogP contribution in [0, 0.1) is 6.92 Å². The van der Waals surface area contributed by atoms with Crippen LogP contribution < -0.4 is 0 Å². The summed E-state index contributed by atoms with van der Waals surface area (Å²) in [7, 11) is 0. The highest BCUT2D eigenvalue weighted by Crippen LogP contribution is 2.22. The second-order valence-electron chi connectivity index (χ2n) is 5.17. The Morgan fingerprint density at radius 1 is 0.955 bits per heavy atom. The van der Waals surface area contributed by atoms with Gasteiger partial charge >= 0.3 is 0 Å². The molecule has 0 N–H and O–H groups in total. The summed E-state index contributed by atoms with van der Waals surface area (Å²) >= 11 is 0. The molecular formula is C18H14N4. The third-order valence-corrected chi connectivity index (χ3v) is 3.74. The number of pyridine rings is 1. The molecule has 0 fully saturated rings. The highest BCUT2D eigenvalue weighted by molar-refractivity contribution is 5.77. The van der Waals surface area contributed by atoms with Crippen LogP contribution in [0.15, 0.2) is 67.3 Å². The lowest BCUT2D eigenvalue weighted by atomic mass is 10.2. The Morgan fingerprint density at radius 3 is 2.59 bits per heavy atom. The summed E-state index contributed by atoms with van der Waals surface area (Å²) in [5.41, 5.74) is 5.97. The van der Waals surface area contributed by atoms with Crippen LogP contribution in [0.4, 0.5) is 0 Å². The first-order chi connectivity index (χ1) is 10.8. The Kier molecular flexibility index (Phi) is 2.93. The number of para-hydroxylation sites is 1. The SMILES string of the molecule is Cc1ccccc1-n1ccc2nc(-c3ccncc3)cnc21. The number of rotatable bonds is 2. The molecule has 0 saturated heterocycles. The van der Waals surface area contributed by atoms with Crippen molar-refractivity contribution in [1.82, 2.24) is 19.5 Å². The lowest BCUT2D eigenvalue weighted by Gasteiger charge is -2.08. The zero-order valence-electron chi connectivity index (χ0n) is 12.1. The van der Waals surface area contributed by atoms with Crippen molar-refractivity contribution in [3.63, 3.8) is 0 Å². The van der Waals surface area contributed by atoms with Gasteiger partial charge in [-0.25, -0.2) is 9.97 Å². The molecule has 0 aliphatic carbocycles. The van der Waals surface area contributed by atoms with Crippen molar-refractivity contribution in [3.8, 4) is 16.9 Å². The Bertz CT molecular complexity index is 942. The molecule has 3 heterocycles. The summed E-state index contributed by atoms with van der Waals surface area (Å²) in [6.07, 6.45) is 7.36. The predicted molar refractivity (Wildman–Crippen MR) is 86.8 cm³/mol. The average Bonchev–Trinajstić information content (AvgIpc) is 2.99. The van der Waals surface area contributed by atoms with E-state index in [1.807, 2.05) is 42.7 Å². The number of nitrogens with zero attached hydrogens (tertiary/aromatic N) is 4. The average molecular weight is 286 g/mol. The van der Waals surface area contributed by atoms with Crippen LogP contribution in [0.1, 0.15) is 5.56 Å². The molecule has 0 amide bonds. The fourth-order valence-corrected chi connectivity index (χ4v) is 2.60. The van der Waals surface area contributed by atoms with Crippen LogP contribution in [-0.2, 0) is 0 Å². The zero-order valence-corrected chi connectivity index (χ0v) is 12.1. The van der Waals surface area contributed by atoms with Gasteiger partial charge in [0.15, 0.2) is 5.65 Å². The van der Waals surface area contributed by atoms with Gasteiger partial charge in [-0.2, -0.15) is 0 Å². The number of aryl methyl sites for hydroxylation is 1. The number of fused-ring (bicyclic) bond motifs is 1. The first-order valence-electron chi connectivity index (χ1n) is 7.13. The molecule has 3 aromatic heterocycles. The molecule has 4 nitrogen and oxygen atoms in total. The normalized spacial score (nSPS) is 11.0. The fraction of sp³-hybridized carbons (Fsp3) is 0.0556. The summed E-state index contributed by atoms with van der Waals surface area (Å²) in [6, 6.07) is 14.1. The van der Waals surface area contributed by atoms with Gasteiger partial charge in [0.25, 0.3) is 0 Å². The molecule has 0 aliphatic heterocycles. The van der Waals surface area contributed by atoms with Crippen molar-refractivity contribution in [1.29, 1.82) is 0 Å². The van der Waals surface area contributed by atoms with Crippen molar-refractivity contribution in [2.45, 2.75) is 6.92 Å². The summed E-state index contributed by atoms with van der Waals surface area (Å²) in [6.45, 7) is 2.10. The second-order valence-corrected chi connectivity index (χ2v) is 5.17. The summed E-state index contributed by atoms with van der Waals surface area (Å²) < 4.78 is 2.08. The number of aromatic nitrogens is 4. The number of hydrogen-bond donors (Lipinski definition) is 0. The Hall–Kier alpha value is -3.01. The Labute approximate surface area is 128 Å². The summed E-state index contributed by atoms with van der Waals surface area (Å²) in [4.78, 5) is 13.4. The molecule has 1 aromatic carbocycles. The van der Waals surface area contributed by atoms with Crippen molar-refractivity contribution in [3.05, 3.63) is 72.8 Å². The van der Waals surface area contributed by atoms with Crippen LogP contribution in [0.3, 0.4) is 0 Å². The number of benzene rings is 1. The minimum absolute atomic E-state index is 0.859. The number of hydrogen-bond acceptors (Lipinski definition) is 3. The van der Waals surface area contributed by atoms with E-state index in [9.17, 15) is 0 Å². The van der Waals surface area contributed by atoms with Gasteiger partial charge in [-0.1, -0.05) is 18.2 Å². The van der Waals surface area contributed by atoms with Crippen LogP contribution in [0.25, 0.3) is 28.1 Å². The molecule has 0 saturated carbocycles. The highest BCUT2D eigenvalue weighted by Gasteiger charge is 2.09. The molecule has 0 spiro atoms. The van der Waals surface area contributed by atoms with E-state index in [1.54, 1.807) is 12.4 Å². The zero-order chi connectivity index (χ0) is 14.9. The predicted octanol–water partition coefficient (Wildman–Crippen LogP) is 3.79. The van der Waals surface area contributed by atoms with Crippen molar-refractivity contribution >= 4 is 11.2 Å². The van der Waals surface area contributed by atoms with Gasteiger partial charge in [0, 0.05) is 29.8 Å².